The van der Waals surface area contributed by atoms with Gasteiger partial charge in [-0.05, 0) is 18.2 Å². The first-order valence-corrected chi connectivity index (χ1v) is 6.57. The van der Waals surface area contributed by atoms with Crippen molar-refractivity contribution in [3.8, 4) is 5.75 Å². The van der Waals surface area contributed by atoms with Crippen molar-refractivity contribution in [2.75, 3.05) is 13.1 Å². The van der Waals surface area contributed by atoms with Crippen molar-refractivity contribution in [1.82, 2.24) is 10.2 Å². The normalized spacial score (nSPS) is 18.2. The molecule has 3 N–H and O–H groups in total. The lowest BCUT2D eigenvalue weighted by molar-refractivity contribution is -0.142. The maximum Gasteiger partial charge on any atom is 0.305 e. The third-order valence-corrected chi connectivity index (χ3v) is 3.38. The van der Waals surface area contributed by atoms with Crippen LogP contribution in [0.4, 0.5) is 0 Å². The topological polar surface area (TPSA) is 107 Å². The van der Waals surface area contributed by atoms with Crippen LogP contribution < -0.4 is 5.32 Å². The van der Waals surface area contributed by atoms with E-state index in [1.54, 1.807) is 0 Å². The number of carbonyl (C=O) groups is 3. The second-order valence-corrected chi connectivity index (χ2v) is 5.00. The highest BCUT2D eigenvalue weighted by molar-refractivity contribution is 6.30. The van der Waals surface area contributed by atoms with Crippen molar-refractivity contribution in [3.05, 3.63) is 28.8 Å². The number of carboxylic acid groups (broad SMARTS) is 1. The number of benzene rings is 1. The van der Waals surface area contributed by atoms with Crippen molar-refractivity contribution in [2.45, 2.75) is 12.5 Å². The number of phenols is 1. The average Bonchev–Trinajstić information content (AvgIpc) is 2.40. The number of aromatic hydroxyl groups is 1. The number of carboxylic acids is 1. The minimum Gasteiger partial charge on any atom is -0.507 e. The van der Waals surface area contributed by atoms with E-state index < -0.39 is 30.2 Å². The largest absolute Gasteiger partial charge is 0.507 e. The van der Waals surface area contributed by atoms with Gasteiger partial charge in [0, 0.05) is 18.1 Å². The molecule has 112 valence electrons. The van der Waals surface area contributed by atoms with Crippen LogP contribution in [0.1, 0.15) is 16.8 Å². The molecule has 1 aliphatic rings. The highest BCUT2D eigenvalue weighted by atomic mass is 35.5. The zero-order valence-electron chi connectivity index (χ0n) is 10.9. The Morgan fingerprint density at radius 3 is 2.76 bits per heavy atom. The van der Waals surface area contributed by atoms with Gasteiger partial charge in [-0.1, -0.05) is 11.6 Å². The molecule has 21 heavy (non-hydrogen) atoms. The third-order valence-electron chi connectivity index (χ3n) is 3.15. The highest BCUT2D eigenvalue weighted by Gasteiger charge is 2.35. The average molecular weight is 313 g/mol. The van der Waals surface area contributed by atoms with Crippen LogP contribution in [0.3, 0.4) is 0 Å². The summed E-state index contributed by atoms with van der Waals surface area (Å²) < 4.78 is 0. The molecule has 1 aromatic carbocycles. The summed E-state index contributed by atoms with van der Waals surface area (Å²) >= 11 is 5.70. The molecule has 0 spiro atoms. The number of nitrogens with zero attached hydrogens (tertiary/aromatic N) is 1. The van der Waals surface area contributed by atoms with Crippen molar-refractivity contribution >= 4 is 29.4 Å². The quantitative estimate of drug-likeness (QED) is 0.751. The molecule has 1 heterocycles. The van der Waals surface area contributed by atoms with Gasteiger partial charge in [0.05, 0.1) is 12.0 Å². The second-order valence-electron chi connectivity index (χ2n) is 4.56. The van der Waals surface area contributed by atoms with Gasteiger partial charge in [-0.25, -0.2) is 0 Å². The Morgan fingerprint density at radius 2 is 2.14 bits per heavy atom. The number of aliphatic carboxylic acids is 1. The fourth-order valence-corrected chi connectivity index (χ4v) is 2.33. The van der Waals surface area contributed by atoms with Crippen LogP contribution in [0.2, 0.25) is 5.02 Å². The van der Waals surface area contributed by atoms with Crippen LogP contribution in [0.5, 0.6) is 5.75 Å². The van der Waals surface area contributed by atoms with Crippen LogP contribution in [0, 0.1) is 0 Å². The van der Waals surface area contributed by atoms with Crippen LogP contribution >= 0.6 is 11.6 Å². The molecule has 0 bridgehead atoms. The number of carbonyl (C=O) groups excluding carboxylic acids is 2. The Labute approximate surface area is 125 Å². The van der Waals surface area contributed by atoms with Crippen LogP contribution in [0.15, 0.2) is 18.2 Å². The van der Waals surface area contributed by atoms with Gasteiger partial charge in [0.25, 0.3) is 5.91 Å². The summed E-state index contributed by atoms with van der Waals surface area (Å²) in [5.41, 5.74) is -0.0236. The number of halogens is 1. The molecule has 1 atom stereocenters. The SMILES string of the molecule is O=C(O)CC1C(=O)NCCN1C(=O)c1ccc(Cl)cc1O. The maximum absolute atomic E-state index is 12.4. The van der Waals surface area contributed by atoms with E-state index in [1.807, 2.05) is 0 Å². The molecular weight excluding hydrogens is 300 g/mol. The Kier molecular flexibility index (Phi) is 4.32. The van der Waals surface area contributed by atoms with E-state index in [9.17, 15) is 19.5 Å². The molecule has 2 rings (SSSR count). The standard InChI is InChI=1S/C13H13ClN2O5/c14-7-1-2-8(10(17)5-7)13(21)16-4-3-15-12(20)9(16)6-11(18)19/h1-2,5,9,17H,3-4,6H2,(H,15,20)(H,18,19). The van der Waals surface area contributed by atoms with Crippen LogP contribution in [-0.2, 0) is 9.59 Å². The van der Waals surface area contributed by atoms with E-state index >= 15 is 0 Å². The predicted molar refractivity (Wildman–Crippen MR) is 73.2 cm³/mol. The highest BCUT2D eigenvalue weighted by Crippen LogP contribution is 2.24. The summed E-state index contributed by atoms with van der Waals surface area (Å²) in [4.78, 5) is 36.2. The fraction of sp³-hybridized carbons (Fsp3) is 0.308. The first kappa shape index (κ1) is 15.1. The van der Waals surface area contributed by atoms with Gasteiger partial charge in [0.1, 0.15) is 11.8 Å². The number of piperazine rings is 1. The van der Waals surface area contributed by atoms with E-state index in [2.05, 4.69) is 5.32 Å². The Bertz CT molecular complexity index is 604. The lowest BCUT2D eigenvalue weighted by Gasteiger charge is -2.34. The Morgan fingerprint density at radius 1 is 1.43 bits per heavy atom. The lowest BCUT2D eigenvalue weighted by Crippen LogP contribution is -2.57. The van der Waals surface area contributed by atoms with Gasteiger partial charge < -0.3 is 20.4 Å². The molecule has 0 radical (unpaired) electrons. The Hall–Kier alpha value is -2.28. The molecule has 1 unspecified atom stereocenters. The van der Waals surface area contributed by atoms with E-state index in [0.29, 0.717) is 0 Å². The minimum absolute atomic E-state index is 0.0236. The molecule has 0 aliphatic carbocycles. The monoisotopic (exact) mass is 312 g/mol. The molecule has 7 nitrogen and oxygen atoms in total. The van der Waals surface area contributed by atoms with Crippen molar-refractivity contribution < 1.29 is 24.6 Å². The first-order chi connectivity index (χ1) is 9.90. The first-order valence-electron chi connectivity index (χ1n) is 6.19. The van der Waals surface area contributed by atoms with Crippen molar-refractivity contribution in [2.24, 2.45) is 0 Å². The van der Waals surface area contributed by atoms with E-state index in [0.717, 1.165) is 4.90 Å². The molecule has 1 fully saturated rings. The number of amides is 2. The number of phenolic OH excluding ortho intramolecular Hbond substituents is 1. The smallest absolute Gasteiger partial charge is 0.305 e. The molecule has 8 heteroatoms. The summed E-state index contributed by atoms with van der Waals surface area (Å²) in [5, 5.41) is 21.4. The molecule has 2 amide bonds. The van der Waals surface area contributed by atoms with Crippen molar-refractivity contribution in [3.63, 3.8) is 0 Å². The van der Waals surface area contributed by atoms with Crippen molar-refractivity contribution in [1.29, 1.82) is 0 Å². The van der Waals surface area contributed by atoms with Gasteiger partial charge in [-0.2, -0.15) is 0 Å². The van der Waals surface area contributed by atoms with Gasteiger partial charge in [-0.3, -0.25) is 14.4 Å². The van der Waals surface area contributed by atoms with E-state index in [1.165, 1.54) is 18.2 Å². The Balaban J connectivity index is 2.30. The maximum atomic E-state index is 12.4. The summed E-state index contributed by atoms with van der Waals surface area (Å²) in [6, 6.07) is 2.89. The molecule has 1 aromatic rings. The lowest BCUT2D eigenvalue weighted by atomic mass is 10.1. The van der Waals surface area contributed by atoms with Gasteiger partial charge in [-0.15, -0.1) is 0 Å². The minimum atomic E-state index is -1.19. The predicted octanol–water partition coefficient (Wildman–Crippen LogP) is 0.461. The summed E-state index contributed by atoms with van der Waals surface area (Å²) in [6.45, 7) is 0.402. The summed E-state index contributed by atoms with van der Waals surface area (Å²) in [5.74, 6) is -2.63. The molecule has 0 saturated carbocycles. The van der Waals surface area contributed by atoms with Crippen LogP contribution in [0.25, 0.3) is 0 Å². The molecule has 1 saturated heterocycles. The van der Waals surface area contributed by atoms with Gasteiger partial charge in [0.2, 0.25) is 5.91 Å². The summed E-state index contributed by atoms with van der Waals surface area (Å²) in [6.07, 6.45) is -0.494. The van der Waals surface area contributed by atoms with Gasteiger partial charge in [0.15, 0.2) is 0 Å². The zero-order chi connectivity index (χ0) is 15.6. The number of nitrogens with one attached hydrogen (secondary N) is 1. The van der Waals surface area contributed by atoms with Crippen LogP contribution in [-0.4, -0.2) is 52.0 Å². The molecular formula is C13H13ClN2O5. The fourth-order valence-electron chi connectivity index (χ4n) is 2.17. The zero-order valence-corrected chi connectivity index (χ0v) is 11.6. The van der Waals surface area contributed by atoms with E-state index in [4.69, 9.17) is 16.7 Å². The second kappa shape index (κ2) is 6.01. The third kappa shape index (κ3) is 3.25. The summed E-state index contributed by atoms with van der Waals surface area (Å²) in [7, 11) is 0. The van der Waals surface area contributed by atoms with E-state index in [-0.39, 0.29) is 29.4 Å². The van der Waals surface area contributed by atoms with Gasteiger partial charge >= 0.3 is 5.97 Å². The number of hydrogen-bond acceptors (Lipinski definition) is 4. The number of rotatable bonds is 3. The number of hydrogen-bond donors (Lipinski definition) is 3. The molecule has 0 aromatic heterocycles. The molecule has 1 aliphatic heterocycles.